The average molecular weight is 639 g/mol. The number of nitrogens with zero attached hydrogens (tertiary/aromatic N) is 4. The van der Waals surface area contributed by atoms with E-state index in [9.17, 15) is 0 Å². The third-order valence-electron chi connectivity index (χ3n) is 9.18. The van der Waals surface area contributed by atoms with Gasteiger partial charge in [-0.3, -0.25) is 0 Å². The number of rotatable bonds is 6. The van der Waals surface area contributed by atoms with Crippen molar-refractivity contribution in [3.8, 4) is 67.5 Å². The minimum absolute atomic E-state index is 0.674. The summed E-state index contributed by atoms with van der Waals surface area (Å²) >= 11 is 0. The summed E-state index contributed by atoms with van der Waals surface area (Å²) in [5.41, 5.74) is 10.2. The highest BCUT2D eigenvalue weighted by Crippen LogP contribution is 2.39. The summed E-state index contributed by atoms with van der Waals surface area (Å²) in [6.07, 6.45) is 3.54. The summed E-state index contributed by atoms with van der Waals surface area (Å²) in [4.78, 5) is 19.3. The summed E-state index contributed by atoms with van der Waals surface area (Å²) in [6.45, 7) is 0. The average Bonchev–Trinajstić information content (AvgIpc) is 3.21. The molecule has 0 unspecified atom stereocenters. The molecule has 0 aliphatic heterocycles. The van der Waals surface area contributed by atoms with Crippen LogP contribution in [0.15, 0.2) is 182 Å². The molecule has 4 nitrogen and oxygen atoms in total. The predicted octanol–water partition coefficient (Wildman–Crippen LogP) is 11.6. The molecule has 9 rings (SSSR count). The van der Waals surface area contributed by atoms with E-state index in [1.54, 1.807) is 12.4 Å². The van der Waals surface area contributed by atoms with Crippen LogP contribution in [0.3, 0.4) is 0 Å². The molecule has 0 spiro atoms. The van der Waals surface area contributed by atoms with E-state index >= 15 is 0 Å². The molecule has 0 aliphatic carbocycles. The van der Waals surface area contributed by atoms with E-state index in [0.717, 1.165) is 50.3 Å². The predicted molar refractivity (Wildman–Crippen MR) is 205 cm³/mol. The summed E-state index contributed by atoms with van der Waals surface area (Å²) in [7, 11) is 0. The minimum Gasteiger partial charge on any atom is -0.237 e. The van der Waals surface area contributed by atoms with E-state index in [1.807, 2.05) is 42.5 Å². The van der Waals surface area contributed by atoms with Gasteiger partial charge in [-0.25, -0.2) is 19.9 Å². The largest absolute Gasteiger partial charge is 0.237 e. The lowest BCUT2D eigenvalue weighted by Crippen LogP contribution is -1.97. The molecule has 0 N–H and O–H groups in total. The maximum absolute atomic E-state index is 5.21. The van der Waals surface area contributed by atoms with Crippen molar-refractivity contribution in [2.45, 2.75) is 0 Å². The first-order valence-electron chi connectivity index (χ1n) is 16.7. The topological polar surface area (TPSA) is 51.6 Å². The SMILES string of the molecule is c1ccc(-c2cc(-c3ccccc3)nc(-c3cc(-c4ccc(-c5ncccn5)cc4)cc(-c4cc5ccccc5c5ccccc45)c3)n2)cc1. The number of benzene rings is 7. The minimum atomic E-state index is 0.674. The van der Waals surface area contributed by atoms with Gasteiger partial charge in [0, 0.05) is 34.6 Å². The van der Waals surface area contributed by atoms with Crippen molar-refractivity contribution >= 4 is 21.5 Å². The Labute approximate surface area is 290 Å². The molecule has 9 aromatic rings. The molecule has 0 aliphatic rings. The van der Waals surface area contributed by atoms with Gasteiger partial charge in [-0.05, 0) is 80.2 Å². The van der Waals surface area contributed by atoms with Crippen LogP contribution in [0.4, 0.5) is 0 Å². The Kier molecular flexibility index (Phi) is 7.45. The molecule has 0 radical (unpaired) electrons. The van der Waals surface area contributed by atoms with Crippen molar-refractivity contribution in [2.75, 3.05) is 0 Å². The van der Waals surface area contributed by atoms with E-state index in [4.69, 9.17) is 9.97 Å². The van der Waals surface area contributed by atoms with Gasteiger partial charge in [0.2, 0.25) is 0 Å². The zero-order valence-electron chi connectivity index (χ0n) is 27.1. The van der Waals surface area contributed by atoms with Crippen LogP contribution in [0.25, 0.3) is 89.1 Å². The first kappa shape index (κ1) is 29.4. The molecule has 0 bridgehead atoms. The van der Waals surface area contributed by atoms with Gasteiger partial charge < -0.3 is 0 Å². The molecule has 0 saturated carbocycles. The standard InChI is InChI=1S/C46H30N4/c1-3-12-32(13-4-1)43-30-44(33-14-5-2-6-15-33)50-46(49-43)38-27-36(31-20-22-34(23-21-31)45-47-24-11-25-48-45)26-37(28-38)42-29-35-16-7-8-17-39(35)40-18-9-10-19-41(40)42/h1-30H. The van der Waals surface area contributed by atoms with Crippen LogP contribution < -0.4 is 0 Å². The highest BCUT2D eigenvalue weighted by Gasteiger charge is 2.16. The summed E-state index contributed by atoms with van der Waals surface area (Å²) in [5.74, 6) is 1.38. The molecule has 2 heterocycles. The normalized spacial score (nSPS) is 11.2. The number of hydrogen-bond acceptors (Lipinski definition) is 4. The molecule has 0 fully saturated rings. The lowest BCUT2D eigenvalue weighted by atomic mass is 9.90. The molecular weight excluding hydrogens is 609 g/mol. The molecule has 234 valence electrons. The number of hydrogen-bond donors (Lipinski definition) is 0. The first-order chi connectivity index (χ1) is 24.8. The number of fused-ring (bicyclic) bond motifs is 3. The monoisotopic (exact) mass is 638 g/mol. The third-order valence-corrected chi connectivity index (χ3v) is 9.18. The molecule has 4 heteroatoms. The fourth-order valence-corrected chi connectivity index (χ4v) is 6.72. The Morgan fingerprint density at radius 1 is 0.300 bits per heavy atom. The Hall–Kier alpha value is -6.78. The second-order valence-corrected chi connectivity index (χ2v) is 12.3. The molecule has 7 aromatic carbocycles. The van der Waals surface area contributed by atoms with Gasteiger partial charge in [0.15, 0.2) is 11.6 Å². The Morgan fingerprint density at radius 2 is 0.840 bits per heavy atom. The Morgan fingerprint density at radius 3 is 1.52 bits per heavy atom. The van der Waals surface area contributed by atoms with E-state index in [0.29, 0.717) is 11.6 Å². The molecular formula is C46H30N4. The maximum atomic E-state index is 5.21. The third kappa shape index (κ3) is 5.59. The van der Waals surface area contributed by atoms with Gasteiger partial charge >= 0.3 is 0 Å². The van der Waals surface area contributed by atoms with Gasteiger partial charge in [-0.15, -0.1) is 0 Å². The van der Waals surface area contributed by atoms with Crippen LogP contribution in [-0.2, 0) is 0 Å². The second-order valence-electron chi connectivity index (χ2n) is 12.3. The Bertz CT molecular complexity index is 2560. The van der Waals surface area contributed by atoms with Gasteiger partial charge in [-0.1, -0.05) is 133 Å². The summed E-state index contributed by atoms with van der Waals surface area (Å²) < 4.78 is 0. The van der Waals surface area contributed by atoms with Crippen molar-refractivity contribution in [2.24, 2.45) is 0 Å². The molecule has 2 aromatic heterocycles. The second kappa shape index (κ2) is 12.7. The van der Waals surface area contributed by atoms with Crippen LogP contribution in [0, 0.1) is 0 Å². The first-order valence-corrected chi connectivity index (χ1v) is 16.7. The molecule has 0 saturated heterocycles. The quantitative estimate of drug-likeness (QED) is 0.170. The van der Waals surface area contributed by atoms with Gasteiger partial charge in [0.1, 0.15) is 0 Å². The molecule has 0 amide bonds. The van der Waals surface area contributed by atoms with Gasteiger partial charge in [-0.2, -0.15) is 0 Å². The van der Waals surface area contributed by atoms with E-state index in [1.165, 1.54) is 27.1 Å². The summed E-state index contributed by atoms with van der Waals surface area (Å²) in [5, 5.41) is 4.88. The van der Waals surface area contributed by atoms with Crippen molar-refractivity contribution in [1.82, 2.24) is 19.9 Å². The molecule has 0 atom stereocenters. The van der Waals surface area contributed by atoms with Crippen molar-refractivity contribution < 1.29 is 0 Å². The lowest BCUT2D eigenvalue weighted by Gasteiger charge is -2.15. The molecule has 50 heavy (non-hydrogen) atoms. The van der Waals surface area contributed by atoms with Crippen LogP contribution in [-0.4, -0.2) is 19.9 Å². The van der Waals surface area contributed by atoms with E-state index < -0.39 is 0 Å². The van der Waals surface area contributed by atoms with Gasteiger partial charge in [0.25, 0.3) is 0 Å². The van der Waals surface area contributed by atoms with Crippen LogP contribution in [0.1, 0.15) is 0 Å². The smallest absolute Gasteiger partial charge is 0.160 e. The zero-order valence-corrected chi connectivity index (χ0v) is 27.1. The van der Waals surface area contributed by atoms with Crippen molar-refractivity contribution in [3.63, 3.8) is 0 Å². The Balaban J connectivity index is 1.28. The van der Waals surface area contributed by atoms with Crippen molar-refractivity contribution in [1.29, 1.82) is 0 Å². The van der Waals surface area contributed by atoms with Crippen LogP contribution >= 0.6 is 0 Å². The van der Waals surface area contributed by atoms with Gasteiger partial charge in [0.05, 0.1) is 11.4 Å². The van der Waals surface area contributed by atoms with Crippen molar-refractivity contribution in [3.05, 3.63) is 182 Å². The highest BCUT2D eigenvalue weighted by molar-refractivity contribution is 6.14. The highest BCUT2D eigenvalue weighted by atomic mass is 14.9. The van der Waals surface area contributed by atoms with Crippen LogP contribution in [0.2, 0.25) is 0 Å². The van der Waals surface area contributed by atoms with Crippen LogP contribution in [0.5, 0.6) is 0 Å². The lowest BCUT2D eigenvalue weighted by molar-refractivity contribution is 1.18. The fraction of sp³-hybridized carbons (Fsp3) is 0. The maximum Gasteiger partial charge on any atom is 0.160 e. The number of aromatic nitrogens is 4. The van der Waals surface area contributed by atoms with E-state index in [2.05, 4.69) is 137 Å². The zero-order chi connectivity index (χ0) is 33.3. The summed E-state index contributed by atoms with van der Waals surface area (Å²) in [6, 6.07) is 59.4. The van der Waals surface area contributed by atoms with E-state index in [-0.39, 0.29) is 0 Å². The fourth-order valence-electron chi connectivity index (χ4n) is 6.72.